The molecular weight excluding hydrogens is 496 g/mol. The molecule has 0 atom stereocenters. The van der Waals surface area contributed by atoms with Gasteiger partial charge < -0.3 is 25.4 Å². The van der Waals surface area contributed by atoms with Crippen molar-refractivity contribution in [3.05, 3.63) is 53.5 Å². The summed E-state index contributed by atoms with van der Waals surface area (Å²) < 4.78 is 11.3. The van der Waals surface area contributed by atoms with Crippen LogP contribution in [0.1, 0.15) is 51.7 Å². The molecule has 11 heteroatoms. The number of amides is 1. The Morgan fingerprint density at radius 1 is 1.21 bits per heavy atom. The van der Waals surface area contributed by atoms with Gasteiger partial charge in [-0.15, -0.1) is 5.10 Å². The Kier molecular flexibility index (Phi) is 8.39. The Morgan fingerprint density at radius 2 is 1.97 bits per heavy atom. The predicted molar refractivity (Wildman–Crippen MR) is 152 cm³/mol. The number of pyridine rings is 2. The first kappa shape index (κ1) is 27.9. The van der Waals surface area contributed by atoms with Gasteiger partial charge in [0.15, 0.2) is 5.82 Å². The molecule has 4 rings (SSSR count). The van der Waals surface area contributed by atoms with E-state index in [-0.39, 0.29) is 18.8 Å². The first-order chi connectivity index (χ1) is 18.5. The lowest BCUT2D eigenvalue weighted by atomic mass is 10.1. The topological polar surface area (TPSA) is 141 Å². The lowest BCUT2D eigenvalue weighted by Crippen LogP contribution is -2.56. The quantitative estimate of drug-likeness (QED) is 0.406. The minimum atomic E-state index is -0.531. The van der Waals surface area contributed by atoms with Crippen molar-refractivity contribution in [1.82, 2.24) is 25.1 Å². The molecule has 1 saturated heterocycles. The van der Waals surface area contributed by atoms with E-state index in [0.717, 1.165) is 16.6 Å². The van der Waals surface area contributed by atoms with Gasteiger partial charge in [0.05, 0.1) is 43.0 Å². The molecule has 4 heterocycles. The highest BCUT2D eigenvalue weighted by atomic mass is 16.6. The highest BCUT2D eigenvalue weighted by Crippen LogP contribution is 2.23. The number of carbonyl (C=O) groups is 1. The van der Waals surface area contributed by atoms with E-state index in [1.165, 1.54) is 0 Å². The van der Waals surface area contributed by atoms with Crippen molar-refractivity contribution in [2.24, 2.45) is 10.7 Å². The predicted octanol–water partition coefficient (Wildman–Crippen LogP) is 4.29. The van der Waals surface area contributed by atoms with Crippen LogP contribution >= 0.6 is 0 Å². The molecule has 1 amide bonds. The number of ether oxygens (including phenoxy) is 2. The summed E-state index contributed by atoms with van der Waals surface area (Å²) >= 11 is 0. The summed E-state index contributed by atoms with van der Waals surface area (Å²) in [6.45, 7) is 10.8. The first-order valence-corrected chi connectivity index (χ1v) is 12.9. The van der Waals surface area contributed by atoms with E-state index in [4.69, 9.17) is 20.2 Å². The van der Waals surface area contributed by atoms with Crippen LogP contribution in [0.3, 0.4) is 0 Å². The van der Waals surface area contributed by atoms with Gasteiger partial charge in [-0.1, -0.05) is 13.8 Å². The van der Waals surface area contributed by atoms with Gasteiger partial charge in [0, 0.05) is 36.3 Å². The number of likely N-dealkylation sites (tertiary alicyclic amines) is 1. The van der Waals surface area contributed by atoms with E-state index in [1.807, 2.05) is 45.0 Å². The van der Waals surface area contributed by atoms with Crippen LogP contribution in [0.25, 0.3) is 16.6 Å². The second-order valence-corrected chi connectivity index (χ2v) is 10.8. The molecule has 0 spiro atoms. The van der Waals surface area contributed by atoms with Gasteiger partial charge in [-0.2, -0.15) is 5.10 Å². The molecule has 0 saturated carbocycles. The third kappa shape index (κ3) is 7.26. The van der Waals surface area contributed by atoms with E-state index in [2.05, 4.69) is 39.3 Å². The van der Waals surface area contributed by atoms with E-state index in [0.29, 0.717) is 47.4 Å². The van der Waals surface area contributed by atoms with Crippen LogP contribution in [0.5, 0.6) is 0 Å². The van der Waals surface area contributed by atoms with E-state index in [1.54, 1.807) is 30.6 Å². The average Bonchev–Trinajstić information content (AvgIpc) is 2.85. The van der Waals surface area contributed by atoms with Crippen LogP contribution in [0.2, 0.25) is 0 Å². The third-order valence-corrected chi connectivity index (χ3v) is 6.03. The minimum absolute atomic E-state index is 0.113. The zero-order valence-corrected chi connectivity index (χ0v) is 23.3. The highest BCUT2D eigenvalue weighted by Gasteiger charge is 2.34. The molecule has 0 radical (unpaired) electrons. The van der Waals surface area contributed by atoms with E-state index < -0.39 is 5.60 Å². The van der Waals surface area contributed by atoms with Crippen molar-refractivity contribution in [2.45, 2.75) is 52.2 Å². The Bertz CT molecular complexity index is 1390. The zero-order valence-electron chi connectivity index (χ0n) is 23.3. The molecule has 1 aliphatic rings. The molecule has 3 N–H and O–H groups in total. The molecule has 3 aromatic heterocycles. The maximum Gasteiger partial charge on any atom is 0.410 e. The number of nitrogens with one attached hydrogen (secondary N) is 1. The number of hydrogen-bond acceptors (Lipinski definition) is 10. The SMILES string of the molecule is CN=CC(=C(N)COC1CN(C(=O)OC(C)(C)C)C1)c1cnc2ccc(Nc3cc(C(C)C)cnn3)nc2c1. The number of carbonyl (C=O) groups excluding carboxylic acids is 1. The number of hydrogen-bond donors (Lipinski definition) is 2. The smallest absolute Gasteiger partial charge is 0.410 e. The van der Waals surface area contributed by atoms with Gasteiger partial charge in [0.2, 0.25) is 0 Å². The molecule has 0 aliphatic carbocycles. The Hall–Kier alpha value is -4.12. The van der Waals surface area contributed by atoms with Crippen LogP contribution in [0.15, 0.2) is 47.3 Å². The molecule has 1 aliphatic heterocycles. The number of rotatable bonds is 8. The fourth-order valence-corrected chi connectivity index (χ4v) is 3.89. The van der Waals surface area contributed by atoms with Crippen molar-refractivity contribution in [2.75, 3.05) is 32.1 Å². The number of nitrogens with two attached hydrogens (primary N) is 1. The Labute approximate surface area is 228 Å². The average molecular weight is 533 g/mol. The molecule has 3 aromatic rings. The van der Waals surface area contributed by atoms with Crippen LogP contribution < -0.4 is 11.1 Å². The highest BCUT2D eigenvalue weighted by molar-refractivity contribution is 6.11. The van der Waals surface area contributed by atoms with E-state index >= 15 is 0 Å². The van der Waals surface area contributed by atoms with Gasteiger partial charge in [-0.25, -0.2) is 9.78 Å². The molecular formula is C28H36N8O3. The molecule has 11 nitrogen and oxygen atoms in total. The van der Waals surface area contributed by atoms with Crippen LogP contribution in [0.4, 0.5) is 16.4 Å². The fraction of sp³-hybridized carbons (Fsp3) is 0.429. The summed E-state index contributed by atoms with van der Waals surface area (Å²) in [6, 6.07) is 7.63. The lowest BCUT2D eigenvalue weighted by molar-refractivity contribution is -0.0572. The summed E-state index contributed by atoms with van der Waals surface area (Å²) in [4.78, 5) is 27.2. The standard InChI is InChI=1S/C28H36N8O3/c1-17(2)18-10-26(35-32-12-18)34-25-8-7-23-24(33-25)9-19(11-31-23)21(13-30-6)22(29)16-38-20-14-36(15-20)27(37)39-28(3,4)5/h7-13,17,20H,14-16,29H2,1-6H3,(H,33,34,35). The van der Waals surface area contributed by atoms with Gasteiger partial charge in [-0.05, 0) is 56.5 Å². The number of allylic oxidation sites excluding steroid dienone is 1. The lowest BCUT2D eigenvalue weighted by Gasteiger charge is -2.39. The number of anilines is 2. The van der Waals surface area contributed by atoms with Gasteiger partial charge in [0.1, 0.15) is 11.4 Å². The van der Waals surface area contributed by atoms with Crippen molar-refractivity contribution in [1.29, 1.82) is 0 Å². The van der Waals surface area contributed by atoms with Crippen molar-refractivity contribution in [3.8, 4) is 0 Å². The van der Waals surface area contributed by atoms with Crippen LogP contribution in [-0.2, 0) is 9.47 Å². The second kappa shape index (κ2) is 11.7. The summed E-state index contributed by atoms with van der Waals surface area (Å²) in [7, 11) is 1.68. The third-order valence-electron chi connectivity index (χ3n) is 6.03. The van der Waals surface area contributed by atoms with Gasteiger partial charge in [-0.3, -0.25) is 9.98 Å². The van der Waals surface area contributed by atoms with Crippen LogP contribution in [0, 0.1) is 0 Å². The minimum Gasteiger partial charge on any atom is -0.444 e. The number of nitrogens with zero attached hydrogens (tertiary/aromatic N) is 6. The summed E-state index contributed by atoms with van der Waals surface area (Å²) in [5.74, 6) is 1.59. The summed E-state index contributed by atoms with van der Waals surface area (Å²) in [5, 5.41) is 11.5. The van der Waals surface area contributed by atoms with Gasteiger partial charge in [0.25, 0.3) is 0 Å². The van der Waals surface area contributed by atoms with E-state index in [9.17, 15) is 4.79 Å². The monoisotopic (exact) mass is 532 g/mol. The maximum absolute atomic E-state index is 12.2. The number of aliphatic imine (C=N–C) groups is 1. The van der Waals surface area contributed by atoms with Crippen LogP contribution in [-0.4, -0.2) is 75.8 Å². The maximum atomic E-state index is 12.2. The molecule has 0 aromatic carbocycles. The summed E-state index contributed by atoms with van der Waals surface area (Å²) in [5.41, 5.74) is 10.4. The number of aromatic nitrogens is 4. The first-order valence-electron chi connectivity index (χ1n) is 12.9. The van der Waals surface area contributed by atoms with Crippen molar-refractivity contribution in [3.63, 3.8) is 0 Å². The zero-order chi connectivity index (χ0) is 28.2. The fourth-order valence-electron chi connectivity index (χ4n) is 3.89. The molecule has 206 valence electrons. The molecule has 0 unspecified atom stereocenters. The largest absolute Gasteiger partial charge is 0.444 e. The van der Waals surface area contributed by atoms with Gasteiger partial charge >= 0.3 is 6.09 Å². The Balaban J connectivity index is 1.46. The van der Waals surface area contributed by atoms with Crippen molar-refractivity contribution < 1.29 is 14.3 Å². The van der Waals surface area contributed by atoms with Crippen molar-refractivity contribution >= 4 is 40.6 Å². The number of fused-ring (bicyclic) bond motifs is 1. The molecule has 39 heavy (non-hydrogen) atoms. The molecule has 0 bridgehead atoms. The summed E-state index contributed by atoms with van der Waals surface area (Å²) in [6.07, 6.45) is 4.74. The Morgan fingerprint density at radius 3 is 2.67 bits per heavy atom. The second-order valence-electron chi connectivity index (χ2n) is 10.8. The normalized spacial score (nSPS) is 15.0. The molecule has 1 fully saturated rings.